The van der Waals surface area contributed by atoms with E-state index in [1.165, 1.54) is 13.2 Å². The van der Waals surface area contributed by atoms with Crippen LogP contribution in [-0.2, 0) is 6.18 Å². The van der Waals surface area contributed by atoms with Gasteiger partial charge in [-0.05, 0) is 43.7 Å². The van der Waals surface area contributed by atoms with Crippen molar-refractivity contribution < 1.29 is 22.7 Å². The summed E-state index contributed by atoms with van der Waals surface area (Å²) >= 11 is 0. The monoisotopic (exact) mass is 363 g/mol. The minimum atomic E-state index is -4.51. The van der Waals surface area contributed by atoms with Gasteiger partial charge in [0.2, 0.25) is 0 Å². The van der Waals surface area contributed by atoms with Crippen LogP contribution in [0.5, 0.6) is 5.75 Å². The lowest BCUT2D eigenvalue weighted by Gasteiger charge is -2.12. The number of carbonyl (C=O) groups is 1. The standard InChI is InChI=1S/C18H16F3N3O2/c1-10-4-6-14(26-3)13(8-10)23-17(25)16-11(2)22-15-7-5-12(9-24(15)16)18(19,20)21/h4-9H,1-3H3,(H,23,25). The van der Waals surface area contributed by atoms with Crippen LogP contribution in [0.1, 0.15) is 27.3 Å². The van der Waals surface area contributed by atoms with Gasteiger partial charge in [-0.1, -0.05) is 6.07 Å². The fourth-order valence-electron chi connectivity index (χ4n) is 2.70. The largest absolute Gasteiger partial charge is 0.495 e. The molecule has 0 aliphatic heterocycles. The number of rotatable bonds is 3. The number of alkyl halides is 3. The molecule has 1 N–H and O–H groups in total. The zero-order valence-corrected chi connectivity index (χ0v) is 14.3. The van der Waals surface area contributed by atoms with Gasteiger partial charge >= 0.3 is 6.18 Å². The van der Waals surface area contributed by atoms with Crippen LogP contribution < -0.4 is 10.1 Å². The first kappa shape index (κ1) is 17.8. The number of amides is 1. The summed E-state index contributed by atoms with van der Waals surface area (Å²) in [5, 5.41) is 2.69. The number of carbonyl (C=O) groups excluding carboxylic acids is 1. The predicted molar refractivity (Wildman–Crippen MR) is 90.6 cm³/mol. The van der Waals surface area contributed by atoms with Crippen molar-refractivity contribution in [2.75, 3.05) is 12.4 Å². The van der Waals surface area contributed by atoms with Gasteiger partial charge < -0.3 is 10.1 Å². The number of nitrogens with zero attached hydrogens (tertiary/aromatic N) is 2. The van der Waals surface area contributed by atoms with Crippen molar-refractivity contribution >= 4 is 17.2 Å². The highest BCUT2D eigenvalue weighted by atomic mass is 19.4. The van der Waals surface area contributed by atoms with Crippen LogP contribution in [0.4, 0.5) is 18.9 Å². The van der Waals surface area contributed by atoms with Gasteiger partial charge in [0.05, 0.1) is 24.1 Å². The van der Waals surface area contributed by atoms with Crippen molar-refractivity contribution in [1.29, 1.82) is 0 Å². The average Bonchev–Trinajstić information content (AvgIpc) is 2.89. The SMILES string of the molecule is COc1ccc(C)cc1NC(=O)c1c(C)nc2ccc(C(F)(F)F)cn12. The molecule has 0 aliphatic carbocycles. The number of fused-ring (bicyclic) bond motifs is 1. The minimum absolute atomic E-state index is 0.0367. The van der Waals surface area contributed by atoms with Crippen LogP contribution in [0, 0.1) is 13.8 Å². The first-order valence-electron chi connectivity index (χ1n) is 7.72. The van der Waals surface area contributed by atoms with Crippen LogP contribution in [0.25, 0.3) is 5.65 Å². The maximum Gasteiger partial charge on any atom is 0.417 e. The molecule has 3 aromatic rings. The number of hydrogen-bond donors (Lipinski definition) is 1. The first-order valence-corrected chi connectivity index (χ1v) is 7.72. The number of halogens is 3. The molecule has 0 bridgehead atoms. The highest BCUT2D eigenvalue weighted by Crippen LogP contribution is 2.30. The van der Waals surface area contributed by atoms with E-state index in [4.69, 9.17) is 4.74 Å². The van der Waals surface area contributed by atoms with Gasteiger partial charge in [0.1, 0.15) is 17.1 Å². The van der Waals surface area contributed by atoms with Crippen LogP contribution >= 0.6 is 0 Å². The number of aromatic nitrogens is 2. The number of aryl methyl sites for hydroxylation is 2. The van der Waals surface area contributed by atoms with Crippen molar-refractivity contribution in [3.63, 3.8) is 0 Å². The summed E-state index contributed by atoms with van der Waals surface area (Å²) in [7, 11) is 1.47. The lowest BCUT2D eigenvalue weighted by Crippen LogP contribution is -2.17. The molecule has 0 spiro atoms. The summed E-state index contributed by atoms with van der Waals surface area (Å²) in [4.78, 5) is 16.9. The molecule has 0 fully saturated rings. The Balaban J connectivity index is 2.06. The Morgan fingerprint density at radius 2 is 1.92 bits per heavy atom. The molecule has 2 aromatic heterocycles. The topological polar surface area (TPSA) is 55.6 Å². The summed E-state index contributed by atoms with van der Waals surface area (Å²) in [5.41, 5.74) is 1.10. The third-order valence-electron chi connectivity index (χ3n) is 3.94. The van der Waals surface area contributed by atoms with Gasteiger partial charge in [-0.2, -0.15) is 13.2 Å². The Labute approximate surface area is 147 Å². The van der Waals surface area contributed by atoms with Crippen molar-refractivity contribution in [3.8, 4) is 5.75 Å². The number of anilines is 1. The number of methoxy groups -OCH3 is 1. The fraction of sp³-hybridized carbons (Fsp3) is 0.222. The average molecular weight is 363 g/mol. The van der Waals surface area contributed by atoms with E-state index in [1.54, 1.807) is 19.1 Å². The van der Waals surface area contributed by atoms with Gasteiger partial charge in [-0.25, -0.2) is 4.98 Å². The van der Waals surface area contributed by atoms with E-state index >= 15 is 0 Å². The number of hydrogen-bond acceptors (Lipinski definition) is 3. The molecule has 0 saturated heterocycles. The third kappa shape index (κ3) is 3.22. The zero-order valence-electron chi connectivity index (χ0n) is 14.3. The summed E-state index contributed by atoms with van der Waals surface area (Å²) in [6, 6.07) is 7.42. The van der Waals surface area contributed by atoms with Crippen LogP contribution in [0.3, 0.4) is 0 Å². The molecule has 26 heavy (non-hydrogen) atoms. The third-order valence-corrected chi connectivity index (χ3v) is 3.94. The van der Waals surface area contributed by atoms with Crippen LogP contribution in [0.2, 0.25) is 0 Å². The maximum absolute atomic E-state index is 13.0. The van der Waals surface area contributed by atoms with Gasteiger partial charge in [-0.15, -0.1) is 0 Å². The normalized spacial score (nSPS) is 11.6. The number of imidazole rings is 1. The fourth-order valence-corrected chi connectivity index (χ4v) is 2.70. The molecule has 2 heterocycles. The summed E-state index contributed by atoms with van der Waals surface area (Å²) in [6.07, 6.45) is -3.64. The maximum atomic E-state index is 13.0. The predicted octanol–water partition coefficient (Wildman–Crippen LogP) is 4.23. The second-order valence-corrected chi connectivity index (χ2v) is 5.85. The number of ether oxygens (including phenoxy) is 1. The molecule has 0 unspecified atom stereocenters. The zero-order chi connectivity index (χ0) is 19.1. The van der Waals surface area contributed by atoms with E-state index < -0.39 is 17.6 Å². The van der Waals surface area contributed by atoms with Crippen molar-refractivity contribution in [2.45, 2.75) is 20.0 Å². The summed E-state index contributed by atoms with van der Waals surface area (Å²) in [5.74, 6) is -0.121. The number of benzene rings is 1. The molecule has 1 aromatic carbocycles. The van der Waals surface area contributed by atoms with Gasteiger partial charge in [0, 0.05) is 6.20 Å². The molecular formula is C18H16F3N3O2. The Kier molecular flexibility index (Phi) is 4.35. The second kappa shape index (κ2) is 6.36. The highest BCUT2D eigenvalue weighted by molar-refractivity contribution is 6.05. The van der Waals surface area contributed by atoms with Gasteiger partial charge in [0.15, 0.2) is 0 Å². The first-order chi connectivity index (χ1) is 12.2. The van der Waals surface area contributed by atoms with E-state index in [-0.39, 0.29) is 11.3 Å². The van der Waals surface area contributed by atoms with Crippen LogP contribution in [-0.4, -0.2) is 22.4 Å². The lowest BCUT2D eigenvalue weighted by molar-refractivity contribution is -0.137. The molecule has 5 nitrogen and oxygen atoms in total. The van der Waals surface area contributed by atoms with E-state index in [2.05, 4.69) is 10.3 Å². The Morgan fingerprint density at radius 1 is 1.19 bits per heavy atom. The van der Waals surface area contributed by atoms with Gasteiger partial charge in [-0.3, -0.25) is 9.20 Å². The highest BCUT2D eigenvalue weighted by Gasteiger charge is 2.31. The molecule has 0 aliphatic rings. The molecule has 1 amide bonds. The molecule has 8 heteroatoms. The second-order valence-electron chi connectivity index (χ2n) is 5.85. The molecule has 3 rings (SSSR count). The molecular weight excluding hydrogens is 347 g/mol. The number of nitrogens with one attached hydrogen (secondary N) is 1. The summed E-state index contributed by atoms with van der Waals surface area (Å²) in [6.45, 7) is 3.42. The van der Waals surface area contributed by atoms with Crippen molar-refractivity contribution in [2.24, 2.45) is 0 Å². The molecule has 136 valence electrons. The van der Waals surface area contributed by atoms with Crippen LogP contribution in [0.15, 0.2) is 36.5 Å². The Morgan fingerprint density at radius 3 is 2.58 bits per heavy atom. The van der Waals surface area contributed by atoms with E-state index in [0.29, 0.717) is 17.1 Å². The van der Waals surface area contributed by atoms with Crippen molar-refractivity contribution in [1.82, 2.24) is 9.38 Å². The Bertz CT molecular complexity index is 993. The smallest absolute Gasteiger partial charge is 0.417 e. The minimum Gasteiger partial charge on any atom is -0.495 e. The molecule has 0 atom stereocenters. The summed E-state index contributed by atoms with van der Waals surface area (Å²) < 4.78 is 45.3. The van der Waals surface area contributed by atoms with E-state index in [0.717, 1.165) is 22.2 Å². The van der Waals surface area contributed by atoms with E-state index in [9.17, 15) is 18.0 Å². The van der Waals surface area contributed by atoms with Crippen molar-refractivity contribution in [3.05, 3.63) is 59.0 Å². The quantitative estimate of drug-likeness (QED) is 0.758. The molecule has 0 saturated carbocycles. The molecule has 0 radical (unpaired) electrons. The number of pyridine rings is 1. The van der Waals surface area contributed by atoms with E-state index in [1.807, 2.05) is 13.0 Å². The Hall–Kier alpha value is -3.03. The lowest BCUT2D eigenvalue weighted by atomic mass is 10.2. The van der Waals surface area contributed by atoms with Gasteiger partial charge in [0.25, 0.3) is 5.91 Å².